The van der Waals surface area contributed by atoms with E-state index in [1.54, 1.807) is 37.3 Å². The van der Waals surface area contributed by atoms with Gasteiger partial charge in [-0.15, -0.1) is 0 Å². The van der Waals surface area contributed by atoms with Crippen LogP contribution in [0.2, 0.25) is 5.02 Å². The molecule has 7 nitrogen and oxygen atoms in total. The molecule has 8 heteroatoms. The summed E-state index contributed by atoms with van der Waals surface area (Å²) in [5.74, 6) is -1.76. The number of hydrogen-bond donors (Lipinski definition) is 4. The van der Waals surface area contributed by atoms with Crippen LogP contribution in [-0.2, 0) is 4.79 Å². The first-order chi connectivity index (χ1) is 12.4. The molecule has 2 rings (SSSR count). The van der Waals surface area contributed by atoms with Crippen molar-refractivity contribution in [2.24, 2.45) is 0 Å². The molecule has 0 aliphatic carbocycles. The highest BCUT2D eigenvalue weighted by Gasteiger charge is 2.15. The number of carbonyl (C=O) groups is 3. The van der Waals surface area contributed by atoms with Gasteiger partial charge in [0.2, 0.25) is 5.91 Å². The lowest BCUT2D eigenvalue weighted by atomic mass is 10.1. The Morgan fingerprint density at radius 3 is 2.42 bits per heavy atom. The average Bonchev–Trinajstić information content (AvgIpc) is 2.62. The number of aromatic hydroxyl groups is 1. The molecule has 0 saturated carbocycles. The monoisotopic (exact) mass is 375 g/mol. The Morgan fingerprint density at radius 2 is 1.73 bits per heavy atom. The van der Waals surface area contributed by atoms with E-state index in [1.807, 2.05) is 0 Å². The van der Waals surface area contributed by atoms with Crippen LogP contribution in [0, 0.1) is 0 Å². The van der Waals surface area contributed by atoms with Crippen LogP contribution in [0.5, 0.6) is 5.75 Å². The third-order valence-electron chi connectivity index (χ3n) is 3.42. The van der Waals surface area contributed by atoms with Crippen LogP contribution in [0.15, 0.2) is 48.5 Å². The van der Waals surface area contributed by atoms with Crippen LogP contribution < -0.4 is 16.2 Å². The highest BCUT2D eigenvalue weighted by molar-refractivity contribution is 6.31. The second-order valence-electron chi connectivity index (χ2n) is 5.61. The summed E-state index contributed by atoms with van der Waals surface area (Å²) in [6, 6.07) is 12.2. The molecule has 0 radical (unpaired) electrons. The Hall–Kier alpha value is -3.06. The van der Waals surface area contributed by atoms with E-state index in [-0.39, 0.29) is 28.7 Å². The minimum Gasteiger partial charge on any atom is -0.507 e. The number of hydrazine groups is 1. The number of phenols is 1. The summed E-state index contributed by atoms with van der Waals surface area (Å²) in [5.41, 5.74) is 4.84. The van der Waals surface area contributed by atoms with Crippen LogP contribution in [-0.4, -0.2) is 28.9 Å². The fourth-order valence-corrected chi connectivity index (χ4v) is 2.33. The van der Waals surface area contributed by atoms with E-state index in [0.717, 1.165) is 0 Å². The second kappa shape index (κ2) is 8.87. The Balaban J connectivity index is 1.82. The fourth-order valence-electron chi connectivity index (χ4n) is 2.16. The van der Waals surface area contributed by atoms with Gasteiger partial charge in [-0.1, -0.05) is 29.8 Å². The molecule has 0 unspecified atom stereocenters. The lowest BCUT2D eigenvalue weighted by Gasteiger charge is -2.14. The number of rotatable bonds is 5. The van der Waals surface area contributed by atoms with E-state index in [4.69, 9.17) is 11.6 Å². The third kappa shape index (κ3) is 5.49. The van der Waals surface area contributed by atoms with E-state index in [9.17, 15) is 19.5 Å². The number of benzene rings is 2. The lowest BCUT2D eigenvalue weighted by molar-refractivity contribution is -0.122. The zero-order chi connectivity index (χ0) is 19.1. The topological polar surface area (TPSA) is 108 Å². The van der Waals surface area contributed by atoms with E-state index >= 15 is 0 Å². The number of amides is 3. The standard InChI is InChI=1S/C18H18ClN3O4/c1-11(20-17(25)12-5-3-2-4-6-12)9-16(24)21-22-18(26)14-10-13(19)7-8-15(14)23/h2-8,10-11,23H,9H2,1H3,(H,20,25)(H,21,24)(H,22,26)/t11-/m0/s1. The van der Waals surface area contributed by atoms with Crippen LogP contribution >= 0.6 is 11.6 Å². The van der Waals surface area contributed by atoms with Crippen molar-refractivity contribution >= 4 is 29.3 Å². The summed E-state index contributed by atoms with van der Waals surface area (Å²) in [6.07, 6.45) is -0.0413. The Bertz CT molecular complexity index is 811. The first-order valence-corrected chi connectivity index (χ1v) is 8.18. The van der Waals surface area contributed by atoms with Gasteiger partial charge in [-0.2, -0.15) is 0 Å². The van der Waals surface area contributed by atoms with Crippen LogP contribution in [0.25, 0.3) is 0 Å². The maximum absolute atomic E-state index is 12.0. The van der Waals surface area contributed by atoms with Gasteiger partial charge < -0.3 is 10.4 Å². The Labute approximate surface area is 155 Å². The SMILES string of the molecule is C[C@@H](CC(=O)NNC(=O)c1cc(Cl)ccc1O)NC(=O)c1ccccc1. The van der Waals surface area contributed by atoms with Crippen molar-refractivity contribution in [1.29, 1.82) is 0 Å². The van der Waals surface area contributed by atoms with Gasteiger partial charge in [0.1, 0.15) is 5.75 Å². The van der Waals surface area contributed by atoms with Gasteiger partial charge in [-0.05, 0) is 37.3 Å². The van der Waals surface area contributed by atoms with E-state index in [1.165, 1.54) is 18.2 Å². The van der Waals surface area contributed by atoms with Crippen molar-refractivity contribution in [3.05, 3.63) is 64.7 Å². The maximum Gasteiger partial charge on any atom is 0.273 e. The number of nitrogens with one attached hydrogen (secondary N) is 3. The number of hydrogen-bond acceptors (Lipinski definition) is 4. The smallest absolute Gasteiger partial charge is 0.273 e. The summed E-state index contributed by atoms with van der Waals surface area (Å²) in [4.78, 5) is 35.9. The van der Waals surface area contributed by atoms with Gasteiger partial charge in [-0.25, -0.2) is 0 Å². The van der Waals surface area contributed by atoms with Crippen LogP contribution in [0.4, 0.5) is 0 Å². The van der Waals surface area contributed by atoms with E-state index < -0.39 is 17.9 Å². The van der Waals surface area contributed by atoms with Gasteiger partial charge in [0.15, 0.2) is 0 Å². The van der Waals surface area contributed by atoms with Gasteiger partial charge in [0.25, 0.3) is 11.8 Å². The van der Waals surface area contributed by atoms with Crippen LogP contribution in [0.3, 0.4) is 0 Å². The van der Waals surface area contributed by atoms with Crippen molar-refractivity contribution in [2.75, 3.05) is 0 Å². The molecule has 136 valence electrons. The van der Waals surface area contributed by atoms with Crippen molar-refractivity contribution in [1.82, 2.24) is 16.2 Å². The molecule has 2 aromatic carbocycles. The van der Waals surface area contributed by atoms with Crippen LogP contribution in [0.1, 0.15) is 34.1 Å². The molecule has 0 aliphatic rings. The largest absolute Gasteiger partial charge is 0.507 e. The molecule has 0 aliphatic heterocycles. The molecule has 4 N–H and O–H groups in total. The molecule has 0 aromatic heterocycles. The zero-order valence-corrected chi connectivity index (χ0v) is 14.7. The molecule has 1 atom stereocenters. The predicted octanol–water partition coefficient (Wildman–Crippen LogP) is 2.02. The number of carbonyl (C=O) groups excluding carboxylic acids is 3. The average molecular weight is 376 g/mol. The number of phenolic OH excluding ortho intramolecular Hbond substituents is 1. The van der Waals surface area contributed by atoms with Gasteiger partial charge >= 0.3 is 0 Å². The second-order valence-corrected chi connectivity index (χ2v) is 6.04. The molecule has 0 bridgehead atoms. The summed E-state index contributed by atoms with van der Waals surface area (Å²) in [7, 11) is 0. The molecule has 0 saturated heterocycles. The summed E-state index contributed by atoms with van der Waals surface area (Å²) >= 11 is 5.77. The summed E-state index contributed by atoms with van der Waals surface area (Å²) in [6.45, 7) is 1.67. The zero-order valence-electron chi connectivity index (χ0n) is 14.0. The molecule has 2 aromatic rings. The number of halogens is 1. The summed E-state index contributed by atoms with van der Waals surface area (Å²) in [5, 5.41) is 12.6. The molecule has 0 heterocycles. The molecule has 3 amide bonds. The Kier molecular flexibility index (Phi) is 6.57. The quantitative estimate of drug-likeness (QED) is 0.599. The van der Waals surface area contributed by atoms with Gasteiger partial charge in [-0.3, -0.25) is 25.2 Å². The van der Waals surface area contributed by atoms with E-state index in [0.29, 0.717) is 5.56 Å². The van der Waals surface area contributed by atoms with Crippen molar-refractivity contribution in [2.45, 2.75) is 19.4 Å². The molecule has 26 heavy (non-hydrogen) atoms. The normalized spacial score (nSPS) is 11.3. The van der Waals surface area contributed by atoms with Gasteiger partial charge in [0.05, 0.1) is 5.56 Å². The minimum absolute atomic E-state index is 0.0413. The lowest BCUT2D eigenvalue weighted by Crippen LogP contribution is -2.44. The van der Waals surface area contributed by atoms with Crippen molar-refractivity contribution in [3.63, 3.8) is 0 Å². The molecule has 0 spiro atoms. The fraction of sp³-hybridized carbons (Fsp3) is 0.167. The first kappa shape index (κ1) is 19.3. The van der Waals surface area contributed by atoms with Crippen molar-refractivity contribution < 1.29 is 19.5 Å². The van der Waals surface area contributed by atoms with Crippen molar-refractivity contribution in [3.8, 4) is 5.75 Å². The highest BCUT2D eigenvalue weighted by Crippen LogP contribution is 2.20. The first-order valence-electron chi connectivity index (χ1n) is 7.80. The van der Waals surface area contributed by atoms with E-state index in [2.05, 4.69) is 16.2 Å². The molecular weight excluding hydrogens is 358 g/mol. The summed E-state index contributed by atoms with van der Waals surface area (Å²) < 4.78 is 0. The van der Waals surface area contributed by atoms with Gasteiger partial charge in [0, 0.05) is 23.0 Å². The molecule has 0 fully saturated rings. The maximum atomic E-state index is 12.0. The minimum atomic E-state index is -0.709. The Morgan fingerprint density at radius 1 is 1.04 bits per heavy atom. The molecular formula is C18H18ClN3O4. The highest BCUT2D eigenvalue weighted by atomic mass is 35.5. The predicted molar refractivity (Wildman–Crippen MR) is 96.7 cm³/mol. The third-order valence-corrected chi connectivity index (χ3v) is 3.66.